The molecule has 0 aliphatic heterocycles. The Morgan fingerprint density at radius 1 is 0.970 bits per heavy atom. The number of para-hydroxylation sites is 1. The number of carbonyl (C=O) groups excluding carboxylic acids is 1. The van der Waals surface area contributed by atoms with Crippen LogP contribution in [0.2, 0.25) is 0 Å². The maximum atomic E-state index is 14.1. The second kappa shape index (κ2) is 10.4. The predicted octanol–water partition coefficient (Wildman–Crippen LogP) is 4.38. The minimum Gasteiger partial charge on any atom is -0.575 e. The molecule has 0 spiro atoms. The van der Waals surface area contributed by atoms with Gasteiger partial charge in [0.1, 0.15) is 6.61 Å². The van der Waals surface area contributed by atoms with Crippen LogP contribution in [0.3, 0.4) is 0 Å². The smallest absolute Gasteiger partial charge is 0.399 e. The summed E-state index contributed by atoms with van der Waals surface area (Å²) in [4.78, 5) is 25.1. The highest BCUT2D eigenvalue weighted by molar-refractivity contribution is 7.34. The number of ether oxygens (including phenoxy) is 3. The number of esters is 1. The second-order valence-corrected chi connectivity index (χ2v) is 8.12. The van der Waals surface area contributed by atoms with Crippen LogP contribution in [0.15, 0.2) is 35.1 Å². The van der Waals surface area contributed by atoms with Crippen molar-refractivity contribution in [1.29, 1.82) is 0 Å². The van der Waals surface area contributed by atoms with Crippen molar-refractivity contribution in [3.63, 3.8) is 0 Å². The number of hydrogen-bond donors (Lipinski definition) is 0. The van der Waals surface area contributed by atoms with E-state index in [-0.39, 0.29) is 5.75 Å². The average molecular weight is 495 g/mol. The molecule has 0 N–H and O–H groups in total. The highest BCUT2D eigenvalue weighted by Crippen LogP contribution is 2.35. The van der Waals surface area contributed by atoms with Crippen LogP contribution in [0.1, 0.15) is 20.8 Å². The summed E-state index contributed by atoms with van der Waals surface area (Å²) in [6, 6.07) is 7.48. The molecular weight excluding hydrogens is 476 g/mol. The van der Waals surface area contributed by atoms with Crippen molar-refractivity contribution in [3.8, 4) is 11.5 Å². The van der Waals surface area contributed by atoms with Gasteiger partial charge in [-0.3, -0.25) is 4.52 Å². The summed E-state index contributed by atoms with van der Waals surface area (Å²) in [5.41, 5.74) is -3.87. The fourth-order valence-corrected chi connectivity index (χ4v) is 2.93. The van der Waals surface area contributed by atoms with Crippen molar-refractivity contribution in [3.05, 3.63) is 59.4 Å². The molecule has 0 bridgehead atoms. The van der Waals surface area contributed by atoms with Crippen LogP contribution in [-0.4, -0.2) is 31.0 Å². The van der Waals surface area contributed by atoms with Crippen molar-refractivity contribution < 1.29 is 50.4 Å². The zero-order valence-electron chi connectivity index (χ0n) is 17.8. The Morgan fingerprint density at radius 2 is 1.48 bits per heavy atom. The van der Waals surface area contributed by atoms with Gasteiger partial charge in [-0.2, -0.15) is 8.78 Å². The van der Waals surface area contributed by atoms with Gasteiger partial charge in [0.25, 0.3) is 0 Å². The molecule has 7 nitrogen and oxygen atoms in total. The molecule has 0 heterocycles. The molecule has 33 heavy (non-hydrogen) atoms. The lowest BCUT2D eigenvalue weighted by Gasteiger charge is -2.26. The number of methoxy groups -OCH3 is 1. The third-order valence-corrected chi connectivity index (χ3v) is 5.06. The average Bonchev–Trinajstić information content (AvgIpc) is 2.78. The predicted molar refractivity (Wildman–Crippen MR) is 104 cm³/mol. The van der Waals surface area contributed by atoms with Crippen LogP contribution >= 0.6 is 8.17 Å². The van der Waals surface area contributed by atoms with Crippen molar-refractivity contribution in [2.45, 2.75) is 32.1 Å². The molecule has 0 amide bonds. The molecule has 0 aliphatic carbocycles. The van der Waals surface area contributed by atoms with Gasteiger partial charge in [-0.25, -0.2) is 18.0 Å². The number of nitrogens with zero attached hydrogens (tertiary/aromatic N) is 1. The minimum atomic E-state index is -3.15. The molecule has 1 unspecified atom stereocenters. The van der Waals surface area contributed by atoms with E-state index in [0.717, 1.165) is 6.92 Å². The summed E-state index contributed by atoms with van der Waals surface area (Å²) in [6.07, 6.45) is 0. The van der Waals surface area contributed by atoms with Gasteiger partial charge >= 0.3 is 19.9 Å². The topological polar surface area (TPSA) is 89.4 Å². The van der Waals surface area contributed by atoms with E-state index in [9.17, 15) is 31.6 Å². The van der Waals surface area contributed by atoms with Gasteiger partial charge in [-0.15, -0.1) is 0 Å². The molecule has 0 radical (unpaired) electrons. The normalized spacial score (nSPS) is 13.9. The summed E-state index contributed by atoms with van der Waals surface area (Å²) < 4.78 is 92.2. The molecule has 0 fully saturated rings. The number of hydrogen-bond acceptors (Lipinski definition) is 7. The molecule has 0 aliphatic rings. The molecule has 0 aromatic heterocycles. The molecule has 2 aromatic rings. The fraction of sp³-hybridized carbons (Fsp3) is 0.350. The lowest BCUT2D eigenvalue weighted by molar-refractivity contribution is -0.176. The maximum absolute atomic E-state index is 14.1. The first-order chi connectivity index (χ1) is 15.3. The zero-order chi connectivity index (χ0) is 25.0. The third-order valence-electron chi connectivity index (χ3n) is 4.15. The quantitative estimate of drug-likeness (QED) is 0.169. The Morgan fingerprint density at radius 3 is 2.00 bits per heavy atom. The molecule has 2 rings (SSSR count). The van der Waals surface area contributed by atoms with Crippen LogP contribution in [0.4, 0.5) is 22.0 Å². The van der Waals surface area contributed by atoms with Crippen molar-refractivity contribution in [2.24, 2.45) is 4.74 Å². The van der Waals surface area contributed by atoms with Gasteiger partial charge in [0.2, 0.25) is 34.8 Å². The first kappa shape index (κ1) is 26.4. The Balaban J connectivity index is 2.49. The Labute approximate surface area is 186 Å². The summed E-state index contributed by atoms with van der Waals surface area (Å²) in [5, 5.41) is 0. The summed E-state index contributed by atoms with van der Waals surface area (Å²) in [6.45, 7) is 3.39. The maximum Gasteiger partial charge on any atom is 0.399 e. The Kier molecular flexibility index (Phi) is 8.34. The van der Waals surface area contributed by atoms with Gasteiger partial charge < -0.3 is 19.1 Å². The van der Waals surface area contributed by atoms with Crippen molar-refractivity contribution in [2.75, 3.05) is 13.7 Å². The van der Waals surface area contributed by atoms with Gasteiger partial charge in [0.05, 0.1) is 5.60 Å². The minimum absolute atomic E-state index is 0.0508. The van der Waals surface area contributed by atoms with E-state index >= 15 is 0 Å². The SMILES string of the molecule is COC(C)(C)COC(=O)[C@](C)(N=[P+]([O-])Oc1ccccc1)Oc1c(F)c(F)c(F)c(F)c1F. The van der Waals surface area contributed by atoms with E-state index in [1.165, 1.54) is 45.2 Å². The van der Waals surface area contributed by atoms with Crippen molar-refractivity contribution in [1.82, 2.24) is 0 Å². The van der Waals surface area contributed by atoms with Crippen LogP contribution in [0, 0.1) is 29.1 Å². The molecule has 2 atom stereocenters. The molecule has 13 heteroatoms. The van der Waals surface area contributed by atoms with E-state index in [2.05, 4.69) is 4.74 Å². The molecular formula is C20H19F5NO6P. The van der Waals surface area contributed by atoms with Crippen LogP contribution in [-0.2, 0) is 14.3 Å². The van der Waals surface area contributed by atoms with E-state index in [0.29, 0.717) is 0 Å². The van der Waals surface area contributed by atoms with Gasteiger partial charge in [-0.1, -0.05) is 18.2 Å². The summed E-state index contributed by atoms with van der Waals surface area (Å²) in [7, 11) is -1.83. The van der Waals surface area contributed by atoms with Gasteiger partial charge in [0.15, 0.2) is 5.75 Å². The molecule has 2 aromatic carbocycles. The van der Waals surface area contributed by atoms with E-state index in [1.54, 1.807) is 6.07 Å². The molecule has 180 valence electrons. The number of benzene rings is 2. The van der Waals surface area contributed by atoms with Crippen LogP contribution in [0.5, 0.6) is 11.5 Å². The highest BCUT2D eigenvalue weighted by Gasteiger charge is 2.45. The number of rotatable bonds is 9. The standard InChI is InChI=1S/C20H19F5NO6P/c1-19(2,29-4)10-30-18(27)20(3,26-33(28)32-11-8-6-5-7-9-11)31-17-15(24)13(22)12(21)14(23)16(17)25/h5-9H,10H2,1-4H3/t20-/m1/s1. The lowest BCUT2D eigenvalue weighted by Crippen LogP contribution is -2.44. The fourth-order valence-electron chi connectivity index (χ4n) is 2.16. The van der Waals surface area contributed by atoms with Crippen LogP contribution < -0.4 is 14.2 Å². The number of carbonyl (C=O) groups is 1. The van der Waals surface area contributed by atoms with Crippen LogP contribution in [0.25, 0.3) is 0 Å². The summed E-state index contributed by atoms with van der Waals surface area (Å²) >= 11 is 0. The Bertz CT molecular complexity index is 1020. The number of halogens is 5. The highest BCUT2D eigenvalue weighted by atomic mass is 31.1. The largest absolute Gasteiger partial charge is 0.575 e. The lowest BCUT2D eigenvalue weighted by atomic mass is 10.1. The summed E-state index contributed by atoms with van der Waals surface area (Å²) in [5.74, 6) is -15.0. The molecule has 0 saturated heterocycles. The second-order valence-electron chi connectivity index (χ2n) is 7.27. The zero-order valence-corrected chi connectivity index (χ0v) is 18.7. The van der Waals surface area contributed by atoms with E-state index in [1.807, 2.05) is 0 Å². The molecule has 0 saturated carbocycles. The van der Waals surface area contributed by atoms with E-state index in [4.69, 9.17) is 18.7 Å². The first-order valence-electron chi connectivity index (χ1n) is 9.17. The monoisotopic (exact) mass is 495 g/mol. The van der Waals surface area contributed by atoms with Gasteiger partial charge in [0, 0.05) is 14.0 Å². The first-order valence-corrected chi connectivity index (χ1v) is 10.3. The third kappa shape index (κ3) is 6.37. The Hall–Kier alpha value is -2.82. The van der Waals surface area contributed by atoms with Crippen molar-refractivity contribution >= 4 is 14.1 Å². The van der Waals surface area contributed by atoms with Gasteiger partial charge in [-0.05, 0) is 30.7 Å². The van der Waals surface area contributed by atoms with E-state index < -0.39 is 66.9 Å².